The Bertz CT molecular complexity index is 370. The van der Waals surface area contributed by atoms with Crippen molar-refractivity contribution in [2.24, 2.45) is 5.92 Å². The number of nitrogens with zero attached hydrogens (tertiary/aromatic N) is 1. The molecule has 114 valence electrons. The van der Waals surface area contributed by atoms with E-state index in [9.17, 15) is 9.59 Å². The largest absolute Gasteiger partial charge is 0.481 e. The third-order valence-corrected chi connectivity index (χ3v) is 4.13. The number of urea groups is 1. The van der Waals surface area contributed by atoms with Crippen LogP contribution in [0.5, 0.6) is 0 Å². The highest BCUT2D eigenvalue weighted by Crippen LogP contribution is 2.38. The summed E-state index contributed by atoms with van der Waals surface area (Å²) in [5.41, 5.74) is 0. The highest BCUT2D eigenvalue weighted by molar-refractivity contribution is 5.76. The lowest BCUT2D eigenvalue weighted by Gasteiger charge is -2.30. The summed E-state index contributed by atoms with van der Waals surface area (Å²) in [6.07, 6.45) is 3.33. The lowest BCUT2D eigenvalue weighted by atomic mass is 10.1. The Morgan fingerprint density at radius 1 is 1.40 bits per heavy atom. The summed E-state index contributed by atoms with van der Waals surface area (Å²) in [6.45, 7) is 4.83. The van der Waals surface area contributed by atoms with Crippen LogP contribution in [0.15, 0.2) is 0 Å². The van der Waals surface area contributed by atoms with Gasteiger partial charge in [-0.2, -0.15) is 0 Å². The molecule has 20 heavy (non-hydrogen) atoms. The number of carbonyl (C=O) groups is 2. The minimum atomic E-state index is -0.885. The first-order chi connectivity index (χ1) is 9.52. The van der Waals surface area contributed by atoms with Gasteiger partial charge in [-0.3, -0.25) is 4.79 Å². The Morgan fingerprint density at radius 3 is 2.65 bits per heavy atom. The van der Waals surface area contributed by atoms with Gasteiger partial charge in [-0.15, -0.1) is 0 Å². The van der Waals surface area contributed by atoms with Gasteiger partial charge in [0, 0.05) is 19.2 Å². The molecule has 2 amide bonds. The van der Waals surface area contributed by atoms with Gasteiger partial charge in [0.1, 0.15) is 0 Å². The van der Waals surface area contributed by atoms with Crippen LogP contribution in [0.1, 0.15) is 39.5 Å². The van der Waals surface area contributed by atoms with Crippen molar-refractivity contribution in [1.82, 2.24) is 10.2 Å². The van der Waals surface area contributed by atoms with Gasteiger partial charge in [0.15, 0.2) is 0 Å². The van der Waals surface area contributed by atoms with Crippen LogP contribution in [0.2, 0.25) is 0 Å². The molecule has 1 saturated carbocycles. The topological polar surface area (TPSA) is 78.9 Å². The number of rotatable bonds is 6. The Hall–Kier alpha value is -1.30. The molecule has 3 atom stereocenters. The number of hydrogen-bond acceptors (Lipinski definition) is 3. The number of hydrogen-bond donors (Lipinski definition) is 2. The van der Waals surface area contributed by atoms with Crippen molar-refractivity contribution in [2.45, 2.75) is 57.7 Å². The Kier molecular flexibility index (Phi) is 4.86. The summed E-state index contributed by atoms with van der Waals surface area (Å²) < 4.78 is 5.70. The zero-order valence-corrected chi connectivity index (χ0v) is 12.2. The molecule has 2 rings (SSSR count). The highest BCUT2D eigenvalue weighted by atomic mass is 16.5. The number of ether oxygens (including phenoxy) is 1. The first-order valence-corrected chi connectivity index (χ1v) is 7.43. The molecule has 2 fully saturated rings. The summed E-state index contributed by atoms with van der Waals surface area (Å²) in [7, 11) is 0. The molecule has 0 aromatic rings. The van der Waals surface area contributed by atoms with Crippen molar-refractivity contribution < 1.29 is 19.4 Å². The molecular weight excluding hydrogens is 260 g/mol. The number of aliphatic carboxylic acids is 1. The van der Waals surface area contributed by atoms with Crippen LogP contribution in [0, 0.1) is 5.92 Å². The average molecular weight is 284 g/mol. The van der Waals surface area contributed by atoms with Crippen LogP contribution in [-0.4, -0.2) is 53.3 Å². The fraction of sp³-hybridized carbons (Fsp3) is 0.857. The van der Waals surface area contributed by atoms with Crippen LogP contribution in [0.4, 0.5) is 4.79 Å². The van der Waals surface area contributed by atoms with Gasteiger partial charge < -0.3 is 20.1 Å². The molecule has 1 aliphatic carbocycles. The maximum atomic E-state index is 12.3. The van der Waals surface area contributed by atoms with Gasteiger partial charge in [-0.05, 0) is 39.0 Å². The molecule has 0 aromatic carbocycles. The molecule has 6 nitrogen and oxygen atoms in total. The van der Waals surface area contributed by atoms with E-state index in [1.54, 1.807) is 11.8 Å². The Balaban J connectivity index is 1.89. The second kappa shape index (κ2) is 6.43. The number of amides is 2. The van der Waals surface area contributed by atoms with E-state index in [1.807, 2.05) is 6.92 Å². The van der Waals surface area contributed by atoms with Gasteiger partial charge in [-0.1, -0.05) is 0 Å². The number of nitrogens with one attached hydrogen (secondary N) is 1. The molecule has 1 aliphatic heterocycles. The second-order valence-corrected chi connectivity index (χ2v) is 5.75. The van der Waals surface area contributed by atoms with Crippen molar-refractivity contribution in [2.75, 3.05) is 13.2 Å². The quantitative estimate of drug-likeness (QED) is 0.773. The van der Waals surface area contributed by atoms with E-state index < -0.39 is 5.97 Å². The Labute approximate surface area is 119 Å². The van der Waals surface area contributed by atoms with Crippen molar-refractivity contribution in [1.29, 1.82) is 0 Å². The summed E-state index contributed by atoms with van der Waals surface area (Å²) >= 11 is 0. The molecule has 2 N–H and O–H groups in total. The minimum Gasteiger partial charge on any atom is -0.481 e. The molecule has 0 aromatic heterocycles. The van der Waals surface area contributed by atoms with Crippen molar-refractivity contribution in [3.8, 4) is 0 Å². The zero-order valence-electron chi connectivity index (χ0n) is 12.2. The van der Waals surface area contributed by atoms with Gasteiger partial charge in [0.25, 0.3) is 0 Å². The monoisotopic (exact) mass is 284 g/mol. The smallest absolute Gasteiger partial charge is 0.317 e. The molecule has 0 radical (unpaired) electrons. The second-order valence-electron chi connectivity index (χ2n) is 5.75. The summed E-state index contributed by atoms with van der Waals surface area (Å²) in [6, 6.07) is -0.414. The van der Waals surface area contributed by atoms with Crippen LogP contribution < -0.4 is 5.32 Å². The van der Waals surface area contributed by atoms with E-state index in [0.29, 0.717) is 19.1 Å². The summed E-state index contributed by atoms with van der Waals surface area (Å²) in [5, 5.41) is 11.9. The third-order valence-electron chi connectivity index (χ3n) is 4.13. The molecule has 0 spiro atoms. The van der Waals surface area contributed by atoms with E-state index in [1.165, 1.54) is 12.8 Å². The van der Waals surface area contributed by atoms with Crippen molar-refractivity contribution in [3.63, 3.8) is 0 Å². The fourth-order valence-corrected chi connectivity index (χ4v) is 2.92. The van der Waals surface area contributed by atoms with Crippen LogP contribution in [0.3, 0.4) is 0 Å². The summed E-state index contributed by atoms with van der Waals surface area (Å²) in [4.78, 5) is 24.7. The highest BCUT2D eigenvalue weighted by Gasteiger charge is 2.41. The molecule has 0 bridgehead atoms. The minimum absolute atomic E-state index is 0.0333. The van der Waals surface area contributed by atoms with E-state index in [-0.39, 0.29) is 30.6 Å². The van der Waals surface area contributed by atoms with Crippen molar-refractivity contribution >= 4 is 12.0 Å². The summed E-state index contributed by atoms with van der Waals surface area (Å²) in [5.74, 6) is -0.293. The number of carboxylic acids is 1. The maximum absolute atomic E-state index is 12.3. The van der Waals surface area contributed by atoms with E-state index >= 15 is 0 Å². The third kappa shape index (κ3) is 3.62. The van der Waals surface area contributed by atoms with Crippen LogP contribution in [0.25, 0.3) is 0 Å². The van der Waals surface area contributed by atoms with Gasteiger partial charge in [0.2, 0.25) is 0 Å². The lowest BCUT2D eigenvalue weighted by molar-refractivity contribution is -0.138. The molecule has 2 aliphatic rings. The van der Waals surface area contributed by atoms with E-state index in [2.05, 4.69) is 5.32 Å². The van der Waals surface area contributed by atoms with Gasteiger partial charge in [-0.25, -0.2) is 4.79 Å². The molecular formula is C14H24N2O4. The lowest BCUT2D eigenvalue weighted by Crippen LogP contribution is -2.51. The number of carboxylic acid groups (broad SMARTS) is 1. The number of carbonyl (C=O) groups excluding carboxylic acids is 1. The SMILES string of the molecule is CCN(C(=O)NC1CCOC1C1CC1)C(C)CC(=O)O. The van der Waals surface area contributed by atoms with Crippen molar-refractivity contribution in [3.05, 3.63) is 0 Å². The average Bonchev–Trinajstić information content (AvgIpc) is 3.10. The predicted octanol–water partition coefficient (Wildman–Crippen LogP) is 1.45. The first kappa shape index (κ1) is 15.1. The standard InChI is InChI=1S/C14H24N2O4/c1-3-16(9(2)8-12(17)18)14(19)15-11-6-7-20-13(11)10-4-5-10/h9-11,13H,3-8H2,1-2H3,(H,15,19)(H,17,18). The van der Waals surface area contributed by atoms with Gasteiger partial charge in [0.05, 0.1) is 18.6 Å². The van der Waals surface area contributed by atoms with Gasteiger partial charge >= 0.3 is 12.0 Å². The Morgan fingerprint density at radius 2 is 2.10 bits per heavy atom. The normalized spacial score (nSPS) is 27.1. The van der Waals surface area contributed by atoms with Crippen LogP contribution in [-0.2, 0) is 9.53 Å². The fourth-order valence-electron chi connectivity index (χ4n) is 2.92. The molecule has 3 unspecified atom stereocenters. The predicted molar refractivity (Wildman–Crippen MR) is 73.5 cm³/mol. The zero-order chi connectivity index (χ0) is 14.7. The maximum Gasteiger partial charge on any atom is 0.317 e. The molecule has 1 heterocycles. The molecule has 1 saturated heterocycles. The van der Waals surface area contributed by atoms with Crippen LogP contribution >= 0.6 is 0 Å². The first-order valence-electron chi connectivity index (χ1n) is 7.43. The van der Waals surface area contributed by atoms with E-state index in [4.69, 9.17) is 9.84 Å². The molecule has 6 heteroatoms. The van der Waals surface area contributed by atoms with E-state index in [0.717, 1.165) is 6.42 Å².